The summed E-state index contributed by atoms with van der Waals surface area (Å²) in [4.78, 5) is 12.6. The molecule has 2 aromatic rings. The first-order valence-corrected chi connectivity index (χ1v) is 7.76. The number of nitriles is 1. The number of carbonyl (C=O) groups is 1. The summed E-state index contributed by atoms with van der Waals surface area (Å²) in [6.07, 6.45) is 0. The Morgan fingerprint density at radius 2 is 2.08 bits per heavy atom. The van der Waals surface area contributed by atoms with E-state index in [-0.39, 0.29) is 11.6 Å². The van der Waals surface area contributed by atoms with Crippen LogP contribution in [0.5, 0.6) is 5.75 Å². The highest BCUT2D eigenvalue weighted by molar-refractivity contribution is 6.45. The van der Waals surface area contributed by atoms with E-state index in [4.69, 9.17) is 21.1 Å². The Kier molecular flexibility index (Phi) is 6.28. The molecule has 26 heavy (non-hydrogen) atoms. The third-order valence-electron chi connectivity index (χ3n) is 3.22. The maximum Gasteiger partial charge on any atom is 0.257 e. The van der Waals surface area contributed by atoms with Gasteiger partial charge in [0.1, 0.15) is 11.8 Å². The summed E-state index contributed by atoms with van der Waals surface area (Å²) >= 11 is 0. The molecule has 0 fully saturated rings. The van der Waals surface area contributed by atoms with Crippen molar-refractivity contribution in [3.63, 3.8) is 0 Å². The fraction of sp³-hybridized carbons (Fsp3) is 0.111. The highest BCUT2D eigenvalue weighted by Gasteiger charge is 2.12. The van der Waals surface area contributed by atoms with Crippen molar-refractivity contribution in [2.24, 2.45) is 10.8 Å². The minimum Gasteiger partial charge on any atom is -0.494 e. The molecule has 1 amide bonds. The average Bonchev–Trinajstić information content (AvgIpc) is 2.63. The van der Waals surface area contributed by atoms with Crippen LogP contribution in [0.25, 0.3) is 0 Å². The summed E-state index contributed by atoms with van der Waals surface area (Å²) in [5, 5.41) is 22.7. The highest BCUT2D eigenvalue weighted by atomic mass is 16.5. The summed E-state index contributed by atoms with van der Waals surface area (Å²) in [6.45, 7) is 2.41. The van der Waals surface area contributed by atoms with Gasteiger partial charge in [-0.15, -0.1) is 0 Å². The molecule has 0 aliphatic heterocycles. The molecule has 0 bridgehead atoms. The van der Waals surface area contributed by atoms with Gasteiger partial charge in [-0.05, 0) is 31.2 Å². The molecule has 0 unspecified atom stereocenters. The first-order chi connectivity index (χ1) is 12.5. The van der Waals surface area contributed by atoms with Crippen LogP contribution in [0.3, 0.4) is 0 Å². The number of anilines is 2. The van der Waals surface area contributed by atoms with Gasteiger partial charge in [0.15, 0.2) is 5.84 Å². The minimum absolute atomic E-state index is 0.273. The predicted octanol–water partition coefficient (Wildman–Crippen LogP) is 2.57. The van der Waals surface area contributed by atoms with E-state index in [0.717, 1.165) is 0 Å². The van der Waals surface area contributed by atoms with Crippen LogP contribution in [0.2, 0.25) is 0 Å². The number of hydrogen-bond donors (Lipinski definition) is 4. The van der Waals surface area contributed by atoms with Crippen LogP contribution in [0.4, 0.5) is 11.4 Å². The maximum atomic E-state index is 12.6. The zero-order valence-corrected chi connectivity index (χ0v) is 14.1. The van der Waals surface area contributed by atoms with E-state index in [1.165, 1.54) is 0 Å². The molecule has 0 saturated heterocycles. The van der Waals surface area contributed by atoms with E-state index in [0.29, 0.717) is 29.3 Å². The highest BCUT2D eigenvalue weighted by Crippen LogP contribution is 2.20. The molecule has 0 saturated carbocycles. The van der Waals surface area contributed by atoms with Crippen LogP contribution in [-0.2, 0) is 0 Å². The molecule has 0 spiro atoms. The van der Waals surface area contributed by atoms with E-state index in [9.17, 15) is 4.79 Å². The molecule has 132 valence electrons. The van der Waals surface area contributed by atoms with Crippen molar-refractivity contribution in [1.29, 1.82) is 10.7 Å². The maximum absolute atomic E-state index is 12.6. The summed E-state index contributed by atoms with van der Waals surface area (Å²) in [5.41, 5.74) is 8.86. The van der Waals surface area contributed by atoms with Crippen LogP contribution >= 0.6 is 0 Å². The van der Waals surface area contributed by atoms with Crippen molar-refractivity contribution >= 4 is 28.8 Å². The molecule has 0 aromatic heterocycles. The Balaban J connectivity index is 2.21. The van der Waals surface area contributed by atoms with E-state index >= 15 is 0 Å². The van der Waals surface area contributed by atoms with Crippen molar-refractivity contribution in [2.45, 2.75) is 6.92 Å². The number of carbonyl (C=O) groups excluding carboxylic acids is 1. The van der Waals surface area contributed by atoms with E-state index in [1.54, 1.807) is 54.6 Å². The monoisotopic (exact) mass is 350 g/mol. The van der Waals surface area contributed by atoms with Crippen molar-refractivity contribution < 1.29 is 9.53 Å². The molecular weight excluding hydrogens is 332 g/mol. The Morgan fingerprint density at radius 3 is 2.77 bits per heavy atom. The van der Waals surface area contributed by atoms with Crippen LogP contribution in [0.1, 0.15) is 17.3 Å². The lowest BCUT2D eigenvalue weighted by Gasteiger charge is -2.11. The first-order valence-electron chi connectivity index (χ1n) is 7.76. The second kappa shape index (κ2) is 8.84. The number of benzene rings is 2. The number of nitrogens with zero attached hydrogens (tertiary/aromatic N) is 2. The summed E-state index contributed by atoms with van der Waals surface area (Å²) in [5.74, 6) is -0.172. The molecule has 8 nitrogen and oxygen atoms in total. The standard InChI is InChI=1S/C18H18N6O2/c1-2-26-13-7-5-6-12(10-13)22-18(25)14-8-3-4-9-15(14)23-24-16(11-19)17(20)21/h3-10,23H,2H2,1H3,(H3,20,21)(H,22,25)/b24-16+. The molecule has 2 aromatic carbocycles. The van der Waals surface area contributed by atoms with Gasteiger partial charge in [0.25, 0.3) is 5.91 Å². The Hall–Kier alpha value is -3.86. The Bertz CT molecular complexity index is 885. The lowest BCUT2D eigenvalue weighted by Crippen LogP contribution is -2.22. The van der Waals surface area contributed by atoms with Crippen LogP contribution in [0, 0.1) is 16.7 Å². The van der Waals surface area contributed by atoms with Gasteiger partial charge in [-0.1, -0.05) is 18.2 Å². The quantitative estimate of drug-likeness (QED) is 0.345. The lowest BCUT2D eigenvalue weighted by molar-refractivity contribution is 0.102. The molecule has 0 heterocycles. The number of ether oxygens (including phenoxy) is 1. The smallest absolute Gasteiger partial charge is 0.257 e. The topological polar surface area (TPSA) is 136 Å². The number of nitrogens with one attached hydrogen (secondary N) is 3. The number of amides is 1. The van der Waals surface area contributed by atoms with Gasteiger partial charge in [-0.25, -0.2) is 0 Å². The van der Waals surface area contributed by atoms with Gasteiger partial charge in [-0.2, -0.15) is 10.4 Å². The van der Waals surface area contributed by atoms with E-state index < -0.39 is 5.84 Å². The molecule has 0 aliphatic carbocycles. The summed E-state index contributed by atoms with van der Waals surface area (Å²) in [6, 6.07) is 15.4. The third kappa shape index (κ3) is 4.82. The Labute approximate surface area is 150 Å². The Morgan fingerprint density at radius 1 is 1.31 bits per heavy atom. The SMILES string of the molecule is CCOc1cccc(NC(=O)c2ccccc2N/N=C(\C#N)C(=N)N)c1. The second-order valence-electron chi connectivity index (χ2n) is 5.06. The van der Waals surface area contributed by atoms with Crippen LogP contribution in [-0.4, -0.2) is 24.1 Å². The lowest BCUT2D eigenvalue weighted by atomic mass is 10.1. The molecule has 0 aliphatic rings. The molecule has 0 atom stereocenters. The second-order valence-corrected chi connectivity index (χ2v) is 5.06. The number of hydrogen-bond acceptors (Lipinski definition) is 6. The molecule has 5 N–H and O–H groups in total. The first kappa shape index (κ1) is 18.5. The van der Waals surface area contributed by atoms with Gasteiger partial charge in [-0.3, -0.25) is 15.6 Å². The summed E-state index contributed by atoms with van der Waals surface area (Å²) in [7, 11) is 0. The number of hydrazone groups is 1. The van der Waals surface area contributed by atoms with Gasteiger partial charge in [0.2, 0.25) is 5.71 Å². The number of amidine groups is 1. The largest absolute Gasteiger partial charge is 0.494 e. The fourth-order valence-corrected chi connectivity index (χ4v) is 2.07. The normalized spacial score (nSPS) is 10.5. The zero-order valence-electron chi connectivity index (χ0n) is 14.1. The molecule has 2 rings (SSSR count). The van der Waals surface area contributed by atoms with Gasteiger partial charge in [0, 0.05) is 11.8 Å². The van der Waals surface area contributed by atoms with Crippen molar-refractivity contribution in [3.8, 4) is 11.8 Å². The fourth-order valence-electron chi connectivity index (χ4n) is 2.07. The van der Waals surface area contributed by atoms with Crippen molar-refractivity contribution in [1.82, 2.24) is 0 Å². The van der Waals surface area contributed by atoms with Gasteiger partial charge >= 0.3 is 0 Å². The molecule has 8 heteroatoms. The van der Waals surface area contributed by atoms with Crippen molar-refractivity contribution in [3.05, 3.63) is 54.1 Å². The van der Waals surface area contributed by atoms with Gasteiger partial charge in [0.05, 0.1) is 17.9 Å². The minimum atomic E-state index is -0.463. The average molecular weight is 350 g/mol. The predicted molar refractivity (Wildman–Crippen MR) is 101 cm³/mol. The van der Waals surface area contributed by atoms with Crippen LogP contribution < -0.4 is 21.2 Å². The third-order valence-corrected chi connectivity index (χ3v) is 3.22. The summed E-state index contributed by atoms with van der Waals surface area (Å²) < 4.78 is 5.41. The van der Waals surface area contributed by atoms with E-state index in [1.807, 2.05) is 6.92 Å². The number of nitrogens with two attached hydrogens (primary N) is 1. The van der Waals surface area contributed by atoms with Crippen LogP contribution in [0.15, 0.2) is 53.6 Å². The molecular formula is C18H18N6O2. The number of rotatable bonds is 7. The van der Waals surface area contributed by atoms with Crippen molar-refractivity contribution in [2.75, 3.05) is 17.3 Å². The zero-order chi connectivity index (χ0) is 18.9. The van der Waals surface area contributed by atoms with E-state index in [2.05, 4.69) is 15.8 Å². The number of para-hydroxylation sites is 1. The van der Waals surface area contributed by atoms with Gasteiger partial charge < -0.3 is 15.8 Å². The molecule has 0 radical (unpaired) electrons.